The number of benzene rings is 1. The molecule has 1 heterocycles. The Hall–Kier alpha value is -0.800. The summed E-state index contributed by atoms with van der Waals surface area (Å²) in [5, 5.41) is 0. The molecule has 0 bridgehead atoms. The van der Waals surface area contributed by atoms with E-state index < -0.39 is 0 Å². The van der Waals surface area contributed by atoms with Crippen molar-refractivity contribution in [3.63, 3.8) is 0 Å². The third-order valence-corrected chi connectivity index (χ3v) is 3.87. The molecule has 0 radical (unpaired) electrons. The Morgan fingerprint density at radius 2 is 1.88 bits per heavy atom. The van der Waals surface area contributed by atoms with Crippen LogP contribution in [0.1, 0.15) is 17.4 Å². The molecule has 0 saturated carbocycles. The summed E-state index contributed by atoms with van der Waals surface area (Å²) in [6, 6.07) is 12.6. The van der Waals surface area contributed by atoms with Gasteiger partial charge in [-0.2, -0.15) is 0 Å². The van der Waals surface area contributed by atoms with Gasteiger partial charge in [0.2, 0.25) is 0 Å². The highest BCUT2D eigenvalue weighted by molar-refractivity contribution is 9.11. The zero-order chi connectivity index (χ0) is 11.4. The van der Waals surface area contributed by atoms with Crippen molar-refractivity contribution in [1.82, 2.24) is 0 Å². The van der Waals surface area contributed by atoms with Crippen LogP contribution >= 0.6 is 27.3 Å². The van der Waals surface area contributed by atoms with Gasteiger partial charge >= 0.3 is 0 Å². The Morgan fingerprint density at radius 1 is 1.12 bits per heavy atom. The fraction of sp³-hybridized carbons (Fsp3) is 0.231. The molecule has 0 atom stereocenters. The minimum Gasteiger partial charge on any atom is -0.494 e. The van der Waals surface area contributed by atoms with Gasteiger partial charge < -0.3 is 4.74 Å². The predicted octanol–water partition coefficient (Wildman–Crippen LogP) is 4.50. The number of hydrogen-bond acceptors (Lipinski definition) is 2. The fourth-order valence-electron chi connectivity index (χ4n) is 1.52. The van der Waals surface area contributed by atoms with Crippen LogP contribution in [0.2, 0.25) is 0 Å². The molecule has 2 rings (SSSR count). The molecule has 3 heteroatoms. The van der Waals surface area contributed by atoms with Gasteiger partial charge in [0.15, 0.2) is 0 Å². The predicted molar refractivity (Wildman–Crippen MR) is 72.4 cm³/mol. The average Bonchev–Trinajstić information content (AvgIpc) is 2.67. The topological polar surface area (TPSA) is 9.23 Å². The summed E-state index contributed by atoms with van der Waals surface area (Å²) in [5.74, 6) is 0.943. The zero-order valence-corrected chi connectivity index (χ0v) is 11.5. The standard InChI is InChI=1S/C13H13BrOS/c1-2-15-11-5-3-10(4-6-11)9-12-7-8-13(14)16-12/h3-8H,2,9H2,1H3. The van der Waals surface area contributed by atoms with Crippen LogP contribution in [0.15, 0.2) is 40.2 Å². The first-order valence-corrected chi connectivity index (χ1v) is 6.85. The van der Waals surface area contributed by atoms with Gasteiger partial charge in [0.05, 0.1) is 10.4 Å². The molecule has 0 aliphatic carbocycles. The minimum atomic E-state index is 0.719. The van der Waals surface area contributed by atoms with Crippen LogP contribution in [0.4, 0.5) is 0 Å². The highest BCUT2D eigenvalue weighted by atomic mass is 79.9. The van der Waals surface area contributed by atoms with E-state index in [0.29, 0.717) is 0 Å². The van der Waals surface area contributed by atoms with Crippen molar-refractivity contribution in [3.05, 3.63) is 50.6 Å². The van der Waals surface area contributed by atoms with Gasteiger partial charge in [-0.15, -0.1) is 11.3 Å². The highest BCUT2D eigenvalue weighted by Crippen LogP contribution is 2.24. The molecule has 0 amide bonds. The Morgan fingerprint density at radius 3 is 2.44 bits per heavy atom. The SMILES string of the molecule is CCOc1ccc(Cc2ccc(Br)s2)cc1. The van der Waals surface area contributed by atoms with E-state index >= 15 is 0 Å². The molecule has 0 fully saturated rings. The van der Waals surface area contributed by atoms with Gasteiger partial charge in [-0.1, -0.05) is 12.1 Å². The second kappa shape index (κ2) is 5.51. The molecule has 0 unspecified atom stereocenters. The van der Waals surface area contributed by atoms with E-state index in [9.17, 15) is 0 Å². The van der Waals surface area contributed by atoms with Crippen LogP contribution in [-0.4, -0.2) is 6.61 Å². The normalized spacial score (nSPS) is 10.4. The maximum atomic E-state index is 5.41. The zero-order valence-electron chi connectivity index (χ0n) is 9.07. The minimum absolute atomic E-state index is 0.719. The van der Waals surface area contributed by atoms with Crippen molar-refractivity contribution >= 4 is 27.3 Å². The summed E-state index contributed by atoms with van der Waals surface area (Å²) >= 11 is 5.26. The monoisotopic (exact) mass is 296 g/mol. The fourth-order valence-corrected chi connectivity index (χ4v) is 3.04. The first kappa shape index (κ1) is 11.7. The van der Waals surface area contributed by atoms with Crippen molar-refractivity contribution in [1.29, 1.82) is 0 Å². The van der Waals surface area contributed by atoms with Crippen LogP contribution in [0.3, 0.4) is 0 Å². The molecular formula is C13H13BrOS. The van der Waals surface area contributed by atoms with Crippen LogP contribution in [-0.2, 0) is 6.42 Å². The Bertz CT molecular complexity index is 447. The maximum absolute atomic E-state index is 5.41. The number of ether oxygens (including phenoxy) is 1. The highest BCUT2D eigenvalue weighted by Gasteiger charge is 2.00. The molecule has 0 aliphatic heterocycles. The van der Waals surface area contributed by atoms with Gasteiger partial charge in [0.1, 0.15) is 5.75 Å². The van der Waals surface area contributed by atoms with Gasteiger partial charge in [-0.25, -0.2) is 0 Å². The largest absolute Gasteiger partial charge is 0.494 e. The molecule has 1 nitrogen and oxygen atoms in total. The van der Waals surface area contributed by atoms with E-state index in [2.05, 4.69) is 40.2 Å². The number of thiophene rings is 1. The van der Waals surface area contributed by atoms with Crippen molar-refractivity contribution in [2.75, 3.05) is 6.61 Å². The maximum Gasteiger partial charge on any atom is 0.119 e. The van der Waals surface area contributed by atoms with Crippen molar-refractivity contribution < 1.29 is 4.74 Å². The van der Waals surface area contributed by atoms with Gasteiger partial charge in [0, 0.05) is 11.3 Å². The molecule has 0 saturated heterocycles. The van der Waals surface area contributed by atoms with E-state index in [1.54, 1.807) is 11.3 Å². The third-order valence-electron chi connectivity index (χ3n) is 2.24. The second-order valence-corrected chi connectivity index (χ2v) is 6.01. The number of rotatable bonds is 4. The molecule has 0 N–H and O–H groups in total. The smallest absolute Gasteiger partial charge is 0.119 e. The summed E-state index contributed by atoms with van der Waals surface area (Å²) in [5.41, 5.74) is 1.32. The molecule has 1 aromatic heterocycles. The lowest BCUT2D eigenvalue weighted by Gasteiger charge is -2.03. The van der Waals surface area contributed by atoms with E-state index in [-0.39, 0.29) is 0 Å². The molecule has 0 spiro atoms. The van der Waals surface area contributed by atoms with Gasteiger partial charge in [-0.05, 0) is 52.7 Å². The van der Waals surface area contributed by atoms with E-state index in [4.69, 9.17) is 4.74 Å². The summed E-state index contributed by atoms with van der Waals surface area (Å²) in [4.78, 5) is 1.37. The number of hydrogen-bond donors (Lipinski definition) is 0. The number of halogens is 1. The molecule has 1 aromatic carbocycles. The van der Waals surface area contributed by atoms with Crippen LogP contribution in [0, 0.1) is 0 Å². The van der Waals surface area contributed by atoms with Crippen LogP contribution in [0.5, 0.6) is 5.75 Å². The molecule has 0 aliphatic rings. The van der Waals surface area contributed by atoms with Crippen molar-refractivity contribution in [3.8, 4) is 5.75 Å². The Balaban J connectivity index is 2.05. The summed E-state index contributed by atoms with van der Waals surface area (Å²) in [7, 11) is 0. The van der Waals surface area contributed by atoms with E-state index in [1.165, 1.54) is 14.2 Å². The van der Waals surface area contributed by atoms with Crippen LogP contribution in [0.25, 0.3) is 0 Å². The van der Waals surface area contributed by atoms with Crippen molar-refractivity contribution in [2.24, 2.45) is 0 Å². The molecular weight excluding hydrogens is 284 g/mol. The molecule has 2 aromatic rings. The molecule has 84 valence electrons. The van der Waals surface area contributed by atoms with Gasteiger partial charge in [0.25, 0.3) is 0 Å². The lowest BCUT2D eigenvalue weighted by Crippen LogP contribution is -1.91. The second-order valence-electron chi connectivity index (χ2n) is 3.46. The lowest BCUT2D eigenvalue weighted by molar-refractivity contribution is 0.340. The summed E-state index contributed by atoms with van der Waals surface area (Å²) in [6.07, 6.45) is 0.989. The Labute approximate surface area is 108 Å². The third kappa shape index (κ3) is 3.09. The quantitative estimate of drug-likeness (QED) is 0.807. The van der Waals surface area contributed by atoms with Gasteiger partial charge in [-0.3, -0.25) is 0 Å². The van der Waals surface area contributed by atoms with E-state index in [0.717, 1.165) is 18.8 Å². The summed E-state index contributed by atoms with van der Waals surface area (Å²) < 4.78 is 6.60. The van der Waals surface area contributed by atoms with E-state index in [1.807, 2.05) is 19.1 Å². The molecule has 16 heavy (non-hydrogen) atoms. The lowest BCUT2D eigenvalue weighted by atomic mass is 10.1. The van der Waals surface area contributed by atoms with Crippen molar-refractivity contribution in [2.45, 2.75) is 13.3 Å². The summed E-state index contributed by atoms with van der Waals surface area (Å²) in [6.45, 7) is 2.72. The van der Waals surface area contributed by atoms with Crippen LogP contribution < -0.4 is 4.74 Å². The first-order chi connectivity index (χ1) is 7.78. The Kier molecular flexibility index (Phi) is 4.02. The average molecular weight is 297 g/mol. The first-order valence-electron chi connectivity index (χ1n) is 5.24.